The van der Waals surface area contributed by atoms with Crippen LogP contribution in [-0.4, -0.2) is 25.9 Å². The number of nitrogens with one attached hydrogen (secondary N) is 2. The van der Waals surface area contributed by atoms with Gasteiger partial charge in [0, 0.05) is 23.7 Å². The quantitative estimate of drug-likeness (QED) is 0.659. The number of nitrogens with zero attached hydrogens (tertiary/aromatic N) is 4. The van der Waals surface area contributed by atoms with Crippen LogP contribution >= 0.6 is 0 Å². The molecule has 3 aromatic rings. The van der Waals surface area contributed by atoms with E-state index >= 15 is 0 Å². The van der Waals surface area contributed by atoms with Crippen LogP contribution in [0.5, 0.6) is 0 Å². The number of para-hydroxylation sites is 1. The molecule has 0 radical (unpaired) electrons. The highest BCUT2D eigenvalue weighted by molar-refractivity contribution is 5.75. The van der Waals surface area contributed by atoms with Gasteiger partial charge in [-0.25, -0.2) is 0 Å². The molecule has 0 saturated heterocycles. The lowest BCUT2D eigenvalue weighted by Gasteiger charge is -2.17. The predicted molar refractivity (Wildman–Crippen MR) is 103 cm³/mol. The standard InChI is InChI=1S/C19H26N6/c1-5-14(6-2)21-17-12-16(20-15-10-8-7-9-11-15)19-23-22-18(13(3)4)25(19)24-17/h7-14,20H,5-6H2,1-4H3,(H,21,24). The highest BCUT2D eigenvalue weighted by atomic mass is 15.4. The van der Waals surface area contributed by atoms with E-state index in [-0.39, 0.29) is 5.92 Å². The van der Waals surface area contributed by atoms with E-state index in [2.05, 4.69) is 48.5 Å². The van der Waals surface area contributed by atoms with Gasteiger partial charge in [0.2, 0.25) is 5.65 Å². The molecule has 0 atom stereocenters. The third kappa shape index (κ3) is 3.73. The predicted octanol–water partition coefficient (Wildman–Crippen LogP) is 4.59. The van der Waals surface area contributed by atoms with Gasteiger partial charge in [0.25, 0.3) is 0 Å². The molecule has 0 aliphatic heterocycles. The maximum atomic E-state index is 4.73. The van der Waals surface area contributed by atoms with Crippen molar-refractivity contribution < 1.29 is 0 Å². The number of fused-ring (bicyclic) bond motifs is 1. The molecule has 0 aliphatic rings. The van der Waals surface area contributed by atoms with Crippen molar-refractivity contribution >= 4 is 22.8 Å². The van der Waals surface area contributed by atoms with Gasteiger partial charge in [-0.05, 0) is 25.0 Å². The second-order valence-corrected chi connectivity index (χ2v) is 6.54. The van der Waals surface area contributed by atoms with E-state index in [4.69, 9.17) is 5.10 Å². The number of aromatic nitrogens is 4. The topological polar surface area (TPSA) is 67.1 Å². The van der Waals surface area contributed by atoms with Crippen LogP contribution < -0.4 is 10.6 Å². The third-order valence-corrected chi connectivity index (χ3v) is 4.30. The number of benzene rings is 1. The summed E-state index contributed by atoms with van der Waals surface area (Å²) in [6.07, 6.45) is 2.10. The Hall–Kier alpha value is -2.63. The zero-order valence-electron chi connectivity index (χ0n) is 15.3. The van der Waals surface area contributed by atoms with Crippen LogP contribution in [0.1, 0.15) is 52.3 Å². The van der Waals surface area contributed by atoms with Gasteiger partial charge in [-0.3, -0.25) is 0 Å². The Kier molecular flexibility index (Phi) is 5.16. The summed E-state index contributed by atoms with van der Waals surface area (Å²) in [5.74, 6) is 1.94. The average molecular weight is 338 g/mol. The largest absolute Gasteiger partial charge is 0.366 e. The zero-order chi connectivity index (χ0) is 17.8. The minimum atomic E-state index is 0.246. The van der Waals surface area contributed by atoms with E-state index in [9.17, 15) is 0 Å². The van der Waals surface area contributed by atoms with Crippen LogP contribution in [0.3, 0.4) is 0 Å². The Morgan fingerprint density at radius 3 is 2.40 bits per heavy atom. The lowest BCUT2D eigenvalue weighted by atomic mass is 10.2. The molecule has 0 amide bonds. The minimum Gasteiger partial charge on any atom is -0.366 e. The lowest BCUT2D eigenvalue weighted by Crippen LogP contribution is -2.19. The molecule has 6 heteroatoms. The summed E-state index contributed by atoms with van der Waals surface area (Å²) in [6.45, 7) is 8.56. The molecule has 2 aromatic heterocycles. The van der Waals surface area contributed by atoms with Crippen molar-refractivity contribution in [2.24, 2.45) is 0 Å². The Labute approximate surface area is 148 Å². The minimum absolute atomic E-state index is 0.246. The van der Waals surface area contributed by atoms with Gasteiger partial charge in [0.15, 0.2) is 5.82 Å². The first-order valence-electron chi connectivity index (χ1n) is 8.97. The van der Waals surface area contributed by atoms with Crippen LogP contribution in [0, 0.1) is 0 Å². The summed E-state index contributed by atoms with van der Waals surface area (Å²) < 4.78 is 1.85. The molecule has 132 valence electrons. The zero-order valence-corrected chi connectivity index (χ0v) is 15.3. The van der Waals surface area contributed by atoms with Gasteiger partial charge in [0.05, 0.1) is 5.69 Å². The first-order valence-corrected chi connectivity index (χ1v) is 8.97. The lowest BCUT2D eigenvalue weighted by molar-refractivity contribution is 0.661. The second-order valence-electron chi connectivity index (χ2n) is 6.54. The summed E-state index contributed by atoms with van der Waals surface area (Å²) >= 11 is 0. The van der Waals surface area contributed by atoms with E-state index in [0.717, 1.165) is 41.5 Å². The molecule has 0 unspecified atom stereocenters. The average Bonchev–Trinajstić information content (AvgIpc) is 3.05. The Morgan fingerprint density at radius 2 is 1.76 bits per heavy atom. The molecular formula is C19H26N6. The van der Waals surface area contributed by atoms with Crippen molar-refractivity contribution in [3.8, 4) is 0 Å². The number of hydrogen-bond acceptors (Lipinski definition) is 5. The Balaban J connectivity index is 2.06. The number of anilines is 3. The smallest absolute Gasteiger partial charge is 0.201 e. The molecule has 2 N–H and O–H groups in total. The van der Waals surface area contributed by atoms with E-state index in [1.807, 2.05) is 40.9 Å². The molecule has 3 rings (SSSR count). The first-order chi connectivity index (χ1) is 12.1. The van der Waals surface area contributed by atoms with Crippen LogP contribution in [-0.2, 0) is 0 Å². The van der Waals surface area contributed by atoms with Crippen molar-refractivity contribution in [1.82, 2.24) is 19.8 Å². The van der Waals surface area contributed by atoms with Crippen LogP contribution in [0.4, 0.5) is 17.2 Å². The van der Waals surface area contributed by atoms with E-state index < -0.39 is 0 Å². The monoisotopic (exact) mass is 338 g/mol. The van der Waals surface area contributed by atoms with Gasteiger partial charge in [-0.1, -0.05) is 45.9 Å². The van der Waals surface area contributed by atoms with E-state index in [1.165, 1.54) is 0 Å². The molecule has 0 fully saturated rings. The van der Waals surface area contributed by atoms with Gasteiger partial charge in [0.1, 0.15) is 5.82 Å². The molecule has 0 spiro atoms. The van der Waals surface area contributed by atoms with Crippen LogP contribution in [0.15, 0.2) is 36.4 Å². The van der Waals surface area contributed by atoms with Gasteiger partial charge < -0.3 is 10.6 Å². The summed E-state index contributed by atoms with van der Waals surface area (Å²) in [7, 11) is 0. The maximum Gasteiger partial charge on any atom is 0.201 e. The van der Waals surface area contributed by atoms with Crippen LogP contribution in [0.2, 0.25) is 0 Å². The van der Waals surface area contributed by atoms with Crippen molar-refractivity contribution in [2.45, 2.75) is 52.5 Å². The molecule has 6 nitrogen and oxygen atoms in total. The van der Waals surface area contributed by atoms with Crippen molar-refractivity contribution in [1.29, 1.82) is 0 Å². The molecule has 0 aliphatic carbocycles. The molecular weight excluding hydrogens is 312 g/mol. The number of hydrogen-bond donors (Lipinski definition) is 2. The second kappa shape index (κ2) is 7.51. The highest BCUT2D eigenvalue weighted by Gasteiger charge is 2.16. The third-order valence-electron chi connectivity index (χ3n) is 4.30. The summed E-state index contributed by atoms with van der Waals surface area (Å²) in [5, 5.41) is 20.4. The van der Waals surface area contributed by atoms with E-state index in [1.54, 1.807) is 0 Å². The maximum absolute atomic E-state index is 4.73. The SMILES string of the molecule is CCC(CC)Nc1cc(Nc2ccccc2)c2nnc(C(C)C)n2n1. The fourth-order valence-corrected chi connectivity index (χ4v) is 2.80. The molecule has 0 bridgehead atoms. The normalized spacial score (nSPS) is 11.4. The van der Waals surface area contributed by atoms with Crippen LogP contribution in [0.25, 0.3) is 5.65 Å². The van der Waals surface area contributed by atoms with E-state index in [0.29, 0.717) is 6.04 Å². The first kappa shape index (κ1) is 17.2. The molecule has 2 heterocycles. The fourth-order valence-electron chi connectivity index (χ4n) is 2.80. The highest BCUT2D eigenvalue weighted by Crippen LogP contribution is 2.25. The molecule has 25 heavy (non-hydrogen) atoms. The Morgan fingerprint density at radius 1 is 1.04 bits per heavy atom. The molecule has 1 aromatic carbocycles. The van der Waals surface area contributed by atoms with Crippen molar-refractivity contribution in [2.75, 3.05) is 10.6 Å². The van der Waals surface area contributed by atoms with Gasteiger partial charge in [-0.2, -0.15) is 4.52 Å². The summed E-state index contributed by atoms with van der Waals surface area (Å²) in [5.41, 5.74) is 2.65. The summed E-state index contributed by atoms with van der Waals surface area (Å²) in [4.78, 5) is 0. The van der Waals surface area contributed by atoms with Gasteiger partial charge in [-0.15, -0.1) is 15.3 Å². The van der Waals surface area contributed by atoms with Crippen molar-refractivity contribution in [3.63, 3.8) is 0 Å². The van der Waals surface area contributed by atoms with Gasteiger partial charge >= 0.3 is 0 Å². The summed E-state index contributed by atoms with van der Waals surface area (Å²) in [6, 6.07) is 12.5. The molecule has 0 saturated carbocycles. The fraction of sp³-hybridized carbons (Fsp3) is 0.421. The Bertz CT molecular complexity index is 821. The van der Waals surface area contributed by atoms with Crippen molar-refractivity contribution in [3.05, 3.63) is 42.2 Å². The number of rotatable bonds is 7.